The van der Waals surface area contributed by atoms with Gasteiger partial charge in [0.25, 0.3) is 0 Å². The molecular weight excluding hydrogens is 617 g/mol. The number of carbonyl (C=O) groups excluding carboxylic acids is 2. The van der Waals surface area contributed by atoms with Crippen LogP contribution in [0.25, 0.3) is 0 Å². The lowest BCUT2D eigenvalue weighted by Gasteiger charge is -2.30. The van der Waals surface area contributed by atoms with Gasteiger partial charge in [0.2, 0.25) is 10.0 Å². The van der Waals surface area contributed by atoms with Crippen LogP contribution in [0.3, 0.4) is 0 Å². The topological polar surface area (TPSA) is 153 Å². The molecule has 0 saturated heterocycles. The Morgan fingerprint density at radius 2 is 1.78 bits per heavy atom. The number of aliphatic imine (C=N–C) groups is 1. The highest BCUT2D eigenvalue weighted by Crippen LogP contribution is 2.36. The Kier molecular flexibility index (Phi) is 12.2. The second kappa shape index (κ2) is 14.9. The molecule has 1 amide bonds. The first-order valence-corrected chi connectivity index (χ1v) is 18.1. The van der Waals surface area contributed by atoms with Gasteiger partial charge in [-0.3, -0.25) is 4.99 Å². The normalized spacial score (nSPS) is 24.8. The van der Waals surface area contributed by atoms with Crippen LogP contribution in [-0.4, -0.2) is 76.6 Å². The molecule has 0 spiro atoms. The van der Waals surface area contributed by atoms with Crippen LogP contribution in [0.4, 0.5) is 15.4 Å². The maximum atomic E-state index is 13.1. The van der Waals surface area contributed by atoms with Crippen molar-refractivity contribution in [1.82, 2.24) is 19.8 Å². The highest BCUT2D eigenvalue weighted by molar-refractivity contribution is 8.14. The van der Waals surface area contributed by atoms with Crippen molar-refractivity contribution < 1.29 is 27.5 Å². The molecule has 254 valence electrons. The fourth-order valence-corrected chi connectivity index (χ4v) is 8.02. The number of hydrogen-bond donors (Lipinski definition) is 3. The molecule has 1 aromatic rings. The monoisotopic (exact) mass is 668 g/mol. The number of nitrogens with zero attached hydrogens (tertiary/aromatic N) is 3. The van der Waals surface area contributed by atoms with Crippen molar-refractivity contribution in [2.45, 2.75) is 130 Å². The van der Waals surface area contributed by atoms with Crippen LogP contribution in [0.5, 0.6) is 0 Å². The number of aromatic nitrogens is 2. The summed E-state index contributed by atoms with van der Waals surface area (Å²) in [6, 6.07) is 1.28. The van der Waals surface area contributed by atoms with E-state index in [9.17, 15) is 18.0 Å². The molecule has 14 heteroatoms. The lowest BCUT2D eigenvalue weighted by atomic mass is 9.86. The molecule has 12 nitrogen and oxygen atoms in total. The van der Waals surface area contributed by atoms with Crippen LogP contribution in [0.15, 0.2) is 28.7 Å². The smallest absolute Gasteiger partial charge is 0.435 e. The Balaban J connectivity index is 1.79. The SMILES string of the molecule is C=C(C[C@H]1N=C(C2CCC(NC(=O)OC(C)C)CC2)SCC(Nc2ccn(C(=O)OC(C)(C)C)n2)[C@H]1C)S(=O)(=O)NC(C)(C)C. The van der Waals surface area contributed by atoms with Crippen molar-refractivity contribution in [3.63, 3.8) is 0 Å². The van der Waals surface area contributed by atoms with E-state index < -0.39 is 33.3 Å². The lowest BCUT2D eigenvalue weighted by molar-refractivity contribution is 0.0514. The lowest BCUT2D eigenvalue weighted by Crippen LogP contribution is -2.42. The number of nitrogens with one attached hydrogen (secondary N) is 3. The zero-order valence-electron chi connectivity index (χ0n) is 28.2. The van der Waals surface area contributed by atoms with Gasteiger partial charge in [-0.2, -0.15) is 4.68 Å². The van der Waals surface area contributed by atoms with Crippen molar-refractivity contribution in [2.75, 3.05) is 11.1 Å². The van der Waals surface area contributed by atoms with E-state index in [-0.39, 0.29) is 47.4 Å². The summed E-state index contributed by atoms with van der Waals surface area (Å²) in [7, 11) is -3.78. The Bertz CT molecular complexity index is 1340. The maximum Gasteiger partial charge on any atom is 0.435 e. The van der Waals surface area contributed by atoms with Crippen LogP contribution >= 0.6 is 11.8 Å². The highest BCUT2D eigenvalue weighted by Gasteiger charge is 2.36. The molecule has 1 aromatic heterocycles. The molecule has 1 aliphatic heterocycles. The van der Waals surface area contributed by atoms with Crippen LogP contribution in [0, 0.1) is 11.8 Å². The third-order valence-electron chi connectivity index (χ3n) is 7.45. The molecule has 45 heavy (non-hydrogen) atoms. The first kappa shape index (κ1) is 36.9. The number of hydrogen-bond acceptors (Lipinski definition) is 10. The molecule has 0 bridgehead atoms. The van der Waals surface area contributed by atoms with Gasteiger partial charge in [0.1, 0.15) is 11.4 Å². The number of amides is 1. The third kappa shape index (κ3) is 11.6. The molecule has 1 saturated carbocycles. The van der Waals surface area contributed by atoms with E-state index in [1.807, 2.05) is 13.8 Å². The summed E-state index contributed by atoms with van der Waals surface area (Å²) in [5.74, 6) is 1.30. The van der Waals surface area contributed by atoms with E-state index in [0.29, 0.717) is 11.6 Å². The second-order valence-corrected chi connectivity index (χ2v) is 17.2. The third-order valence-corrected chi connectivity index (χ3v) is 10.5. The fourth-order valence-electron chi connectivity index (χ4n) is 5.26. The summed E-state index contributed by atoms with van der Waals surface area (Å²) in [6.07, 6.45) is 3.89. The number of anilines is 1. The number of rotatable bonds is 9. The van der Waals surface area contributed by atoms with E-state index in [0.717, 1.165) is 35.4 Å². The summed E-state index contributed by atoms with van der Waals surface area (Å²) in [6.45, 7) is 20.4. The molecule has 0 aromatic carbocycles. The van der Waals surface area contributed by atoms with E-state index >= 15 is 0 Å². The molecule has 1 aliphatic carbocycles. The summed E-state index contributed by atoms with van der Waals surface area (Å²) in [5.41, 5.74) is -1.30. The van der Waals surface area contributed by atoms with E-state index in [1.54, 1.807) is 65.6 Å². The fraction of sp³-hybridized carbons (Fsp3) is 0.742. The molecule has 3 rings (SSSR count). The molecule has 3 atom stereocenters. The van der Waals surface area contributed by atoms with E-state index in [4.69, 9.17) is 14.5 Å². The Hall–Kier alpha value is -2.58. The van der Waals surface area contributed by atoms with Crippen LogP contribution in [-0.2, 0) is 19.5 Å². The molecule has 2 aliphatic rings. The summed E-state index contributed by atoms with van der Waals surface area (Å²) in [4.78, 5) is 29.9. The number of alkyl carbamates (subject to hydrolysis) is 1. The molecule has 3 N–H and O–H groups in total. The first-order chi connectivity index (χ1) is 20.7. The molecular formula is C31H52N6O6S2. The molecule has 1 unspecified atom stereocenters. The van der Waals surface area contributed by atoms with Crippen LogP contribution in [0.1, 0.15) is 94.4 Å². The van der Waals surface area contributed by atoms with Gasteiger partial charge < -0.3 is 20.1 Å². The van der Waals surface area contributed by atoms with Crippen molar-refractivity contribution in [1.29, 1.82) is 0 Å². The minimum atomic E-state index is -3.78. The summed E-state index contributed by atoms with van der Waals surface area (Å²) >= 11 is 1.67. The van der Waals surface area contributed by atoms with Crippen molar-refractivity contribution in [3.8, 4) is 0 Å². The zero-order chi connectivity index (χ0) is 33.7. The Labute approximate surface area is 273 Å². The average Bonchev–Trinajstić information content (AvgIpc) is 3.30. The van der Waals surface area contributed by atoms with Crippen molar-refractivity contribution in [3.05, 3.63) is 23.7 Å². The average molecular weight is 669 g/mol. The Morgan fingerprint density at radius 3 is 2.36 bits per heavy atom. The van der Waals surface area contributed by atoms with Gasteiger partial charge in [-0.1, -0.05) is 13.5 Å². The summed E-state index contributed by atoms with van der Waals surface area (Å²) < 4.78 is 40.8. The Morgan fingerprint density at radius 1 is 1.13 bits per heavy atom. The van der Waals surface area contributed by atoms with Crippen LogP contribution < -0.4 is 15.4 Å². The predicted molar refractivity (Wildman–Crippen MR) is 180 cm³/mol. The van der Waals surface area contributed by atoms with Gasteiger partial charge in [-0.15, -0.1) is 16.9 Å². The number of ether oxygens (including phenoxy) is 2. The van der Waals surface area contributed by atoms with Gasteiger partial charge in [-0.25, -0.2) is 22.7 Å². The van der Waals surface area contributed by atoms with E-state index in [2.05, 4.69) is 34.0 Å². The standard InChI is InChI=1S/C31H52N6O6S2/c1-19(2)42-28(38)32-23-13-11-22(12-14-23)27-34-24(17-20(3)45(40,41)36-30(5,6)7)21(4)25(18-44-27)33-26-15-16-37(35-26)29(39)43-31(8,9)10/h15-16,19,21-25,36H,3,11-14,17-18H2,1-2,4-10H3,(H,32,38)(H,33,35)/t21-,22?,23?,24+,25?/m0/s1. The molecule has 2 heterocycles. The van der Waals surface area contributed by atoms with Gasteiger partial charge in [0.15, 0.2) is 0 Å². The minimum absolute atomic E-state index is 0.0430. The molecule has 1 fully saturated rings. The maximum absolute atomic E-state index is 13.1. The van der Waals surface area contributed by atoms with Gasteiger partial charge in [-0.05, 0) is 87.0 Å². The van der Waals surface area contributed by atoms with Gasteiger partial charge >= 0.3 is 12.2 Å². The largest absolute Gasteiger partial charge is 0.447 e. The van der Waals surface area contributed by atoms with E-state index in [1.165, 1.54) is 0 Å². The zero-order valence-corrected chi connectivity index (χ0v) is 29.8. The number of carbonyl (C=O) groups is 2. The quantitative estimate of drug-likeness (QED) is 0.291. The van der Waals surface area contributed by atoms with Crippen LogP contribution in [0.2, 0.25) is 0 Å². The highest BCUT2D eigenvalue weighted by atomic mass is 32.2. The van der Waals surface area contributed by atoms with Crippen molar-refractivity contribution >= 4 is 44.8 Å². The van der Waals surface area contributed by atoms with Crippen molar-refractivity contribution in [2.24, 2.45) is 16.8 Å². The summed E-state index contributed by atoms with van der Waals surface area (Å²) in [5, 5.41) is 11.8. The number of thioether (sulfide) groups is 1. The first-order valence-electron chi connectivity index (χ1n) is 15.7. The second-order valence-electron chi connectivity index (χ2n) is 14.3. The minimum Gasteiger partial charge on any atom is -0.447 e. The predicted octanol–water partition coefficient (Wildman–Crippen LogP) is 5.91. The number of sulfonamides is 1. The molecule has 0 radical (unpaired) electrons. The van der Waals surface area contributed by atoms with Gasteiger partial charge in [0.05, 0.1) is 22.1 Å². The van der Waals surface area contributed by atoms with Gasteiger partial charge in [0, 0.05) is 48.0 Å².